The maximum Gasteiger partial charge on any atom is 0.251 e. The summed E-state index contributed by atoms with van der Waals surface area (Å²) >= 11 is 7.90. The van der Waals surface area contributed by atoms with Crippen molar-refractivity contribution < 1.29 is 4.79 Å². The zero-order valence-electron chi connectivity index (χ0n) is 20.1. The van der Waals surface area contributed by atoms with E-state index in [1.165, 1.54) is 16.7 Å². The molecule has 5 heteroatoms. The van der Waals surface area contributed by atoms with Crippen LogP contribution in [0.3, 0.4) is 0 Å². The Kier molecular flexibility index (Phi) is 8.73. The molecule has 0 saturated heterocycles. The fraction of sp³-hybridized carbons (Fsp3) is 0.129. The van der Waals surface area contributed by atoms with Gasteiger partial charge in [0.05, 0.1) is 5.69 Å². The van der Waals surface area contributed by atoms with Gasteiger partial charge in [0.25, 0.3) is 5.91 Å². The van der Waals surface area contributed by atoms with E-state index in [2.05, 4.69) is 41.0 Å². The molecule has 3 aromatic carbocycles. The van der Waals surface area contributed by atoms with Crippen LogP contribution in [0, 0.1) is 19.4 Å². The van der Waals surface area contributed by atoms with Crippen molar-refractivity contribution in [1.82, 2.24) is 5.32 Å². The Morgan fingerprint density at radius 3 is 2.69 bits per heavy atom. The number of carbonyl (C=O) groups excluding carboxylic acids is 1. The molecule has 0 fully saturated rings. The van der Waals surface area contributed by atoms with Crippen molar-refractivity contribution in [3.05, 3.63) is 124 Å². The van der Waals surface area contributed by atoms with Crippen molar-refractivity contribution in [1.29, 1.82) is 0 Å². The first-order chi connectivity index (χ1) is 17.5. The number of aryl methyl sites for hydroxylation is 1. The predicted octanol–water partition coefficient (Wildman–Crippen LogP) is 7.63. The molecule has 1 aliphatic carbocycles. The number of hydrogen-bond acceptors (Lipinski definition) is 3. The molecule has 0 aromatic heterocycles. The minimum atomic E-state index is -0.148. The van der Waals surface area contributed by atoms with Gasteiger partial charge in [-0.2, -0.15) is 0 Å². The SMILES string of the molecule is C#CNc1cc(C(=O)NCc2ccc(C)cc2)ccc1Sc1ccccc1CC1=CCC=CC(Cl)=C1. The van der Waals surface area contributed by atoms with Crippen LogP contribution in [0.15, 0.2) is 111 Å². The first-order valence-electron chi connectivity index (χ1n) is 11.7. The summed E-state index contributed by atoms with van der Waals surface area (Å²) in [6, 6.07) is 24.5. The summed E-state index contributed by atoms with van der Waals surface area (Å²) in [5.41, 5.74) is 5.89. The van der Waals surface area contributed by atoms with Gasteiger partial charge in [0.1, 0.15) is 0 Å². The highest BCUT2D eigenvalue weighted by Crippen LogP contribution is 2.37. The Labute approximate surface area is 222 Å². The van der Waals surface area contributed by atoms with Gasteiger partial charge in [-0.1, -0.05) is 90.0 Å². The Morgan fingerprint density at radius 1 is 1.08 bits per heavy atom. The average molecular weight is 511 g/mol. The van der Waals surface area contributed by atoms with E-state index in [1.54, 1.807) is 17.8 Å². The number of halogens is 1. The number of nitrogens with one attached hydrogen (secondary N) is 2. The summed E-state index contributed by atoms with van der Waals surface area (Å²) in [6.07, 6.45) is 15.4. The van der Waals surface area contributed by atoms with E-state index in [-0.39, 0.29) is 5.91 Å². The number of hydrogen-bond donors (Lipinski definition) is 2. The molecule has 0 radical (unpaired) electrons. The van der Waals surface area contributed by atoms with Crippen LogP contribution >= 0.6 is 23.4 Å². The third kappa shape index (κ3) is 6.95. The van der Waals surface area contributed by atoms with E-state index in [0.29, 0.717) is 12.1 Å². The third-order valence-electron chi connectivity index (χ3n) is 5.73. The van der Waals surface area contributed by atoms with E-state index in [0.717, 1.165) is 38.9 Å². The lowest BCUT2D eigenvalue weighted by Gasteiger charge is -2.14. The molecule has 1 aliphatic rings. The molecule has 0 heterocycles. The second-order valence-corrected chi connectivity index (χ2v) is 10.0. The molecule has 0 aliphatic heterocycles. The molecular weight excluding hydrogens is 484 g/mol. The van der Waals surface area contributed by atoms with Gasteiger partial charge in [-0.25, -0.2) is 0 Å². The predicted molar refractivity (Wildman–Crippen MR) is 151 cm³/mol. The Balaban J connectivity index is 1.51. The molecule has 3 aromatic rings. The van der Waals surface area contributed by atoms with Gasteiger partial charge in [-0.3, -0.25) is 4.79 Å². The quantitative estimate of drug-likeness (QED) is 0.242. The monoisotopic (exact) mass is 510 g/mol. The van der Waals surface area contributed by atoms with E-state index in [4.69, 9.17) is 18.0 Å². The molecule has 0 saturated carbocycles. The van der Waals surface area contributed by atoms with Crippen molar-refractivity contribution in [2.45, 2.75) is 36.1 Å². The normalized spacial score (nSPS) is 12.7. The van der Waals surface area contributed by atoms with Gasteiger partial charge in [0, 0.05) is 33.0 Å². The molecule has 0 bridgehead atoms. The molecule has 2 N–H and O–H groups in total. The van der Waals surface area contributed by atoms with E-state index < -0.39 is 0 Å². The molecule has 0 atom stereocenters. The van der Waals surface area contributed by atoms with Crippen LogP contribution in [0.2, 0.25) is 0 Å². The topological polar surface area (TPSA) is 41.1 Å². The standard InChI is InChI=1S/C31H27ClN2OS/c1-3-33-28-20-26(31(35)34-21-23-14-12-22(2)13-15-23)16-17-30(28)36-29-11-7-5-9-25(29)18-24-8-4-6-10-27(32)19-24/h1,5-17,19-20,33H,4,18,21H2,2H3,(H,34,35). The second-order valence-electron chi connectivity index (χ2n) is 8.48. The smallest absolute Gasteiger partial charge is 0.251 e. The van der Waals surface area contributed by atoms with Crippen molar-refractivity contribution in [3.8, 4) is 12.5 Å². The Hall–Kier alpha value is -3.65. The zero-order valence-corrected chi connectivity index (χ0v) is 21.6. The zero-order chi connectivity index (χ0) is 25.3. The van der Waals surface area contributed by atoms with E-state index in [1.807, 2.05) is 67.6 Å². The van der Waals surface area contributed by atoms with Crippen LogP contribution in [0.5, 0.6) is 0 Å². The Morgan fingerprint density at radius 2 is 1.89 bits per heavy atom. The summed E-state index contributed by atoms with van der Waals surface area (Å²) < 4.78 is 0. The average Bonchev–Trinajstić information content (AvgIpc) is 3.09. The van der Waals surface area contributed by atoms with Gasteiger partial charge in [-0.05, 0) is 72.9 Å². The van der Waals surface area contributed by atoms with Gasteiger partial charge in [0.2, 0.25) is 0 Å². The lowest BCUT2D eigenvalue weighted by atomic mass is 10.0. The highest BCUT2D eigenvalue weighted by Gasteiger charge is 2.13. The summed E-state index contributed by atoms with van der Waals surface area (Å²) in [4.78, 5) is 14.9. The first kappa shape index (κ1) is 25.4. The largest absolute Gasteiger partial charge is 0.348 e. The summed E-state index contributed by atoms with van der Waals surface area (Å²) in [7, 11) is 0. The first-order valence-corrected chi connectivity index (χ1v) is 12.9. The summed E-state index contributed by atoms with van der Waals surface area (Å²) in [5, 5.41) is 6.69. The minimum absolute atomic E-state index is 0.148. The Bertz CT molecular complexity index is 1380. The highest BCUT2D eigenvalue weighted by molar-refractivity contribution is 7.99. The van der Waals surface area contributed by atoms with Gasteiger partial charge < -0.3 is 10.6 Å². The van der Waals surface area contributed by atoms with Gasteiger partial charge in [0.15, 0.2) is 0 Å². The molecule has 3 nitrogen and oxygen atoms in total. The molecule has 36 heavy (non-hydrogen) atoms. The molecule has 4 rings (SSSR count). The molecular formula is C31H27ClN2OS. The number of allylic oxidation sites excluding steroid dienone is 6. The van der Waals surface area contributed by atoms with Gasteiger partial charge in [-0.15, -0.1) is 0 Å². The maximum absolute atomic E-state index is 12.8. The van der Waals surface area contributed by atoms with E-state index >= 15 is 0 Å². The van der Waals surface area contributed by atoms with Crippen molar-refractivity contribution in [3.63, 3.8) is 0 Å². The fourth-order valence-corrected chi connectivity index (χ4v) is 5.06. The van der Waals surface area contributed by atoms with Crippen LogP contribution in [-0.2, 0) is 13.0 Å². The lowest BCUT2D eigenvalue weighted by Crippen LogP contribution is -2.22. The molecule has 180 valence electrons. The molecule has 0 unspecified atom stereocenters. The molecule has 0 spiro atoms. The fourth-order valence-electron chi connectivity index (χ4n) is 3.82. The lowest BCUT2D eigenvalue weighted by molar-refractivity contribution is 0.0951. The van der Waals surface area contributed by atoms with Crippen LogP contribution < -0.4 is 10.6 Å². The maximum atomic E-state index is 12.8. The van der Waals surface area contributed by atoms with Crippen molar-refractivity contribution in [2.75, 3.05) is 5.32 Å². The number of anilines is 1. The van der Waals surface area contributed by atoms with Crippen LogP contribution in [0.25, 0.3) is 0 Å². The van der Waals surface area contributed by atoms with Crippen LogP contribution in [0.4, 0.5) is 5.69 Å². The third-order valence-corrected chi connectivity index (χ3v) is 7.16. The number of amides is 1. The van der Waals surface area contributed by atoms with Crippen LogP contribution in [0.1, 0.15) is 33.5 Å². The van der Waals surface area contributed by atoms with Gasteiger partial charge >= 0.3 is 0 Å². The summed E-state index contributed by atoms with van der Waals surface area (Å²) in [6.45, 7) is 2.50. The minimum Gasteiger partial charge on any atom is -0.348 e. The number of terminal acetylenes is 1. The number of rotatable bonds is 8. The van der Waals surface area contributed by atoms with Crippen molar-refractivity contribution in [2.24, 2.45) is 0 Å². The number of benzene rings is 3. The van der Waals surface area contributed by atoms with Crippen LogP contribution in [-0.4, -0.2) is 5.91 Å². The molecule has 1 amide bonds. The van der Waals surface area contributed by atoms with E-state index in [9.17, 15) is 4.79 Å². The highest BCUT2D eigenvalue weighted by atomic mass is 35.5. The second kappa shape index (κ2) is 12.4. The number of carbonyl (C=O) groups is 1. The summed E-state index contributed by atoms with van der Waals surface area (Å²) in [5.74, 6) is -0.148. The van der Waals surface area contributed by atoms with Crippen molar-refractivity contribution >= 4 is 35.0 Å².